The molecule has 0 saturated heterocycles. The van der Waals surface area contributed by atoms with Crippen LogP contribution < -0.4 is 0 Å². The number of aromatic nitrogens is 4. The minimum atomic E-state index is 0.644. The highest BCUT2D eigenvalue weighted by Crippen LogP contribution is 2.45. The molecule has 0 amide bonds. The van der Waals surface area contributed by atoms with Crippen LogP contribution >= 0.6 is 0 Å². The summed E-state index contributed by atoms with van der Waals surface area (Å²) in [7, 11) is 0. The Morgan fingerprint density at radius 1 is 0.344 bits per heavy atom. The Kier molecular flexibility index (Phi) is 8.81. The van der Waals surface area contributed by atoms with Crippen molar-refractivity contribution in [2.24, 2.45) is 0 Å². The molecule has 0 aliphatic carbocycles. The largest absolute Gasteiger partial charge is 0.309 e. The molecule has 64 heavy (non-hydrogen) atoms. The Bertz CT molecular complexity index is 3670. The van der Waals surface area contributed by atoms with Crippen LogP contribution in [0.25, 0.3) is 111 Å². The van der Waals surface area contributed by atoms with Crippen molar-refractivity contribution in [3.63, 3.8) is 0 Å². The zero-order valence-corrected chi connectivity index (χ0v) is 34.6. The second kappa shape index (κ2) is 15.3. The van der Waals surface area contributed by atoms with Gasteiger partial charge in [0, 0.05) is 49.4 Å². The molecule has 298 valence electrons. The summed E-state index contributed by atoms with van der Waals surface area (Å²) in [6.07, 6.45) is 0. The van der Waals surface area contributed by atoms with Crippen LogP contribution in [-0.2, 0) is 0 Å². The lowest BCUT2D eigenvalue weighted by molar-refractivity contribution is 1.15. The standard InChI is InChI=1S/C59H37N5/c60-38-39-30-32-40(33-31-39)43-34-35-56-49(36-43)46-22-9-13-27-54(46)64(56)57-29-15-24-47(51-37-50(41-16-3-1-4-17-41)61-59(62-51)42-18-5-2-6-19-42)58(57)48-23-10-14-28-55(48)63-52-25-11-7-20-44(52)45-21-8-12-26-53(45)63/h1-37H. The zero-order chi connectivity index (χ0) is 42.6. The fraction of sp³-hybridized carbons (Fsp3) is 0. The van der Waals surface area contributed by atoms with Crippen LogP contribution in [0.2, 0.25) is 0 Å². The minimum Gasteiger partial charge on any atom is -0.309 e. The molecule has 0 fully saturated rings. The molecular weight excluding hydrogens is 779 g/mol. The number of fused-ring (bicyclic) bond motifs is 6. The highest BCUT2D eigenvalue weighted by Gasteiger charge is 2.24. The number of nitriles is 1. The van der Waals surface area contributed by atoms with Gasteiger partial charge < -0.3 is 9.13 Å². The normalized spacial score (nSPS) is 11.4. The van der Waals surface area contributed by atoms with E-state index in [4.69, 9.17) is 9.97 Å². The molecule has 12 aromatic rings. The maximum absolute atomic E-state index is 9.50. The molecule has 9 aromatic carbocycles. The first-order valence-corrected chi connectivity index (χ1v) is 21.5. The lowest BCUT2D eigenvalue weighted by atomic mass is 9.93. The quantitative estimate of drug-likeness (QED) is 0.161. The Morgan fingerprint density at radius 2 is 0.844 bits per heavy atom. The van der Waals surface area contributed by atoms with E-state index in [9.17, 15) is 5.26 Å². The molecule has 5 heteroatoms. The van der Waals surface area contributed by atoms with Gasteiger partial charge in [-0.1, -0.05) is 164 Å². The zero-order valence-electron chi connectivity index (χ0n) is 34.6. The SMILES string of the molecule is N#Cc1ccc(-c2ccc3c(c2)c2ccccc2n3-c2cccc(-c3cc(-c4ccccc4)nc(-c4ccccc4)n3)c2-c2ccccc2-n2c3ccccc3c3ccccc32)cc1. The number of hydrogen-bond acceptors (Lipinski definition) is 3. The van der Waals surface area contributed by atoms with Crippen LogP contribution in [0.5, 0.6) is 0 Å². The first-order chi connectivity index (χ1) is 31.7. The van der Waals surface area contributed by atoms with Gasteiger partial charge in [0.1, 0.15) is 0 Å². The van der Waals surface area contributed by atoms with Crippen molar-refractivity contribution in [2.75, 3.05) is 0 Å². The molecule has 5 nitrogen and oxygen atoms in total. The predicted molar refractivity (Wildman–Crippen MR) is 263 cm³/mol. The van der Waals surface area contributed by atoms with Gasteiger partial charge in [0.15, 0.2) is 5.82 Å². The van der Waals surface area contributed by atoms with Gasteiger partial charge in [-0.3, -0.25) is 0 Å². The fourth-order valence-electron chi connectivity index (χ4n) is 9.49. The van der Waals surface area contributed by atoms with Crippen molar-refractivity contribution in [3.05, 3.63) is 230 Å². The molecule has 0 unspecified atom stereocenters. The number of benzene rings is 9. The Hall–Kier alpha value is -8.85. The van der Waals surface area contributed by atoms with Gasteiger partial charge in [0.05, 0.1) is 56.5 Å². The van der Waals surface area contributed by atoms with E-state index in [0.717, 1.165) is 94.5 Å². The number of nitrogens with zero attached hydrogens (tertiary/aromatic N) is 5. The highest BCUT2D eigenvalue weighted by molar-refractivity contribution is 6.13. The molecular formula is C59H37N5. The molecule has 12 rings (SSSR count). The third kappa shape index (κ3) is 6.08. The smallest absolute Gasteiger partial charge is 0.160 e. The summed E-state index contributed by atoms with van der Waals surface area (Å²) in [5, 5.41) is 14.2. The third-order valence-electron chi connectivity index (χ3n) is 12.4. The van der Waals surface area contributed by atoms with Crippen molar-refractivity contribution >= 4 is 43.6 Å². The maximum Gasteiger partial charge on any atom is 0.160 e. The van der Waals surface area contributed by atoms with E-state index >= 15 is 0 Å². The number of rotatable bonds is 7. The Morgan fingerprint density at radius 3 is 1.52 bits per heavy atom. The van der Waals surface area contributed by atoms with E-state index in [1.54, 1.807) is 0 Å². The van der Waals surface area contributed by atoms with Gasteiger partial charge in [-0.25, -0.2) is 9.97 Å². The van der Waals surface area contributed by atoms with Gasteiger partial charge in [0.2, 0.25) is 0 Å². The molecule has 0 saturated carbocycles. The molecule has 0 bridgehead atoms. The second-order valence-corrected chi connectivity index (χ2v) is 16.1. The van der Waals surface area contributed by atoms with Gasteiger partial charge in [0.25, 0.3) is 0 Å². The summed E-state index contributed by atoms with van der Waals surface area (Å²) in [6, 6.07) is 81.0. The van der Waals surface area contributed by atoms with Gasteiger partial charge in [-0.15, -0.1) is 0 Å². The van der Waals surface area contributed by atoms with E-state index in [2.05, 4.69) is 191 Å². The molecule has 0 aliphatic heterocycles. The first-order valence-electron chi connectivity index (χ1n) is 21.5. The average Bonchev–Trinajstić information content (AvgIpc) is 3.89. The minimum absolute atomic E-state index is 0.644. The lowest BCUT2D eigenvalue weighted by Crippen LogP contribution is -2.04. The average molecular weight is 816 g/mol. The monoisotopic (exact) mass is 815 g/mol. The summed E-state index contributed by atoms with van der Waals surface area (Å²) >= 11 is 0. The highest BCUT2D eigenvalue weighted by atomic mass is 15.0. The van der Waals surface area contributed by atoms with Crippen molar-refractivity contribution in [1.82, 2.24) is 19.1 Å². The summed E-state index contributed by atoms with van der Waals surface area (Å²) in [6.45, 7) is 0. The van der Waals surface area contributed by atoms with Crippen LogP contribution in [0.4, 0.5) is 0 Å². The van der Waals surface area contributed by atoms with Crippen LogP contribution in [0.3, 0.4) is 0 Å². The lowest BCUT2D eigenvalue weighted by Gasteiger charge is -2.22. The predicted octanol–water partition coefficient (Wildman–Crippen LogP) is 14.9. The molecule has 3 aromatic heterocycles. The van der Waals surface area contributed by atoms with E-state index in [0.29, 0.717) is 11.4 Å². The van der Waals surface area contributed by atoms with Crippen LogP contribution in [0.1, 0.15) is 5.56 Å². The van der Waals surface area contributed by atoms with Crippen LogP contribution in [0.15, 0.2) is 224 Å². The van der Waals surface area contributed by atoms with Crippen LogP contribution in [0, 0.1) is 11.3 Å². The topological polar surface area (TPSA) is 59.4 Å². The van der Waals surface area contributed by atoms with E-state index in [-0.39, 0.29) is 0 Å². The summed E-state index contributed by atoms with van der Waals surface area (Å²) in [4.78, 5) is 10.6. The third-order valence-corrected chi connectivity index (χ3v) is 12.4. The second-order valence-electron chi connectivity index (χ2n) is 16.1. The molecule has 0 aliphatic rings. The Labute approximate surface area is 370 Å². The van der Waals surface area contributed by atoms with Gasteiger partial charge in [-0.05, 0) is 71.8 Å². The van der Waals surface area contributed by atoms with E-state index in [1.165, 1.54) is 10.8 Å². The number of hydrogen-bond donors (Lipinski definition) is 0. The molecule has 0 spiro atoms. The van der Waals surface area contributed by atoms with Crippen molar-refractivity contribution in [1.29, 1.82) is 5.26 Å². The van der Waals surface area contributed by atoms with Gasteiger partial charge in [-0.2, -0.15) is 5.26 Å². The molecule has 0 atom stereocenters. The summed E-state index contributed by atoms with van der Waals surface area (Å²) < 4.78 is 4.84. The summed E-state index contributed by atoms with van der Waals surface area (Å²) in [5.74, 6) is 0.663. The molecule has 3 heterocycles. The van der Waals surface area contributed by atoms with Gasteiger partial charge >= 0.3 is 0 Å². The number of para-hydroxylation sites is 4. The van der Waals surface area contributed by atoms with Crippen LogP contribution in [-0.4, -0.2) is 19.1 Å². The molecule has 0 radical (unpaired) electrons. The van der Waals surface area contributed by atoms with E-state index in [1.807, 2.05) is 48.5 Å². The van der Waals surface area contributed by atoms with Crippen molar-refractivity contribution in [2.45, 2.75) is 0 Å². The van der Waals surface area contributed by atoms with E-state index < -0.39 is 0 Å². The Balaban J connectivity index is 1.19. The van der Waals surface area contributed by atoms with Crippen molar-refractivity contribution in [3.8, 4) is 73.6 Å². The molecule has 0 N–H and O–H groups in total. The fourth-order valence-corrected chi connectivity index (χ4v) is 9.49. The first kappa shape index (κ1) is 37.0. The summed E-state index contributed by atoms with van der Waals surface area (Å²) in [5.41, 5.74) is 16.1. The maximum atomic E-state index is 9.50. The van der Waals surface area contributed by atoms with Crippen molar-refractivity contribution < 1.29 is 0 Å².